The van der Waals surface area contributed by atoms with Gasteiger partial charge in [0.15, 0.2) is 11.5 Å². The van der Waals surface area contributed by atoms with Crippen molar-refractivity contribution in [2.75, 3.05) is 12.1 Å². The highest BCUT2D eigenvalue weighted by Gasteiger charge is 2.39. The first-order valence-electron chi connectivity index (χ1n) is 9.78. The number of hydrogen-bond acceptors (Lipinski definition) is 7. The van der Waals surface area contributed by atoms with Gasteiger partial charge in [0.25, 0.3) is 11.6 Å². The van der Waals surface area contributed by atoms with Gasteiger partial charge in [0.1, 0.15) is 5.69 Å². The molecule has 6 rings (SSSR count). The molecule has 2 aliphatic carbocycles. The predicted molar refractivity (Wildman–Crippen MR) is 106 cm³/mol. The molecule has 2 aromatic carbocycles. The van der Waals surface area contributed by atoms with Gasteiger partial charge in [0, 0.05) is 23.5 Å². The standard InChI is InChI=1S/C21H16N4O5/c26-21(24-15-7-17-18(30-9-29-17)8-16(15)25(27)28)12-3-4-13-14(6-12)23-20-11-2-1-10(5-11)19(20)22-13/h3-4,6-8,10-11H,1-2,5,9H2,(H,24,26). The highest BCUT2D eigenvalue weighted by atomic mass is 16.7. The number of fused-ring (bicyclic) bond motifs is 7. The van der Waals surface area contributed by atoms with Crippen molar-refractivity contribution in [2.24, 2.45) is 0 Å². The van der Waals surface area contributed by atoms with E-state index in [9.17, 15) is 14.9 Å². The van der Waals surface area contributed by atoms with Gasteiger partial charge in [-0.1, -0.05) is 0 Å². The number of ether oxygens (including phenoxy) is 2. The summed E-state index contributed by atoms with van der Waals surface area (Å²) < 4.78 is 10.5. The van der Waals surface area contributed by atoms with Crippen LogP contribution in [0.1, 0.15) is 52.8 Å². The van der Waals surface area contributed by atoms with E-state index in [1.165, 1.54) is 18.6 Å². The lowest BCUT2D eigenvalue weighted by molar-refractivity contribution is -0.384. The van der Waals surface area contributed by atoms with Crippen molar-refractivity contribution in [3.63, 3.8) is 0 Å². The Morgan fingerprint density at radius 1 is 1.03 bits per heavy atom. The average Bonchev–Trinajstić information content (AvgIpc) is 3.47. The van der Waals surface area contributed by atoms with Crippen LogP contribution in [0.3, 0.4) is 0 Å². The molecule has 0 spiro atoms. The molecule has 9 heteroatoms. The van der Waals surface area contributed by atoms with E-state index in [1.807, 2.05) is 0 Å². The van der Waals surface area contributed by atoms with Crippen LogP contribution in [-0.4, -0.2) is 27.6 Å². The van der Waals surface area contributed by atoms with Crippen molar-refractivity contribution in [3.8, 4) is 11.5 Å². The number of anilines is 1. The van der Waals surface area contributed by atoms with Crippen LogP contribution in [0.25, 0.3) is 11.0 Å². The molecule has 0 radical (unpaired) electrons. The van der Waals surface area contributed by atoms with E-state index >= 15 is 0 Å². The molecule has 1 saturated carbocycles. The third-order valence-electron chi connectivity index (χ3n) is 6.12. The molecule has 2 unspecified atom stereocenters. The van der Waals surface area contributed by atoms with Crippen LogP contribution in [-0.2, 0) is 0 Å². The van der Waals surface area contributed by atoms with Crippen LogP contribution in [0.2, 0.25) is 0 Å². The second-order valence-corrected chi connectivity index (χ2v) is 7.84. The molecule has 2 heterocycles. The molecule has 1 fully saturated rings. The molecule has 0 saturated heterocycles. The zero-order chi connectivity index (χ0) is 20.4. The third kappa shape index (κ3) is 2.51. The Bertz CT molecular complexity index is 1260. The van der Waals surface area contributed by atoms with Crippen LogP contribution < -0.4 is 14.8 Å². The predicted octanol–water partition coefficient (Wildman–Crippen LogP) is 3.88. The minimum atomic E-state index is -0.568. The Balaban J connectivity index is 1.35. The summed E-state index contributed by atoms with van der Waals surface area (Å²) in [6, 6.07) is 7.77. The first-order valence-corrected chi connectivity index (χ1v) is 9.78. The summed E-state index contributed by atoms with van der Waals surface area (Å²) in [6.45, 7) is -0.0145. The zero-order valence-corrected chi connectivity index (χ0v) is 15.8. The second-order valence-electron chi connectivity index (χ2n) is 7.84. The molecule has 3 aliphatic rings. The summed E-state index contributed by atoms with van der Waals surface area (Å²) in [4.78, 5) is 33.3. The van der Waals surface area contributed by atoms with E-state index in [-0.39, 0.29) is 23.9 Å². The first kappa shape index (κ1) is 17.1. The maximum atomic E-state index is 12.8. The fraction of sp³-hybridized carbons (Fsp3) is 0.286. The topological polar surface area (TPSA) is 116 Å². The number of nitro benzene ring substituents is 1. The Morgan fingerprint density at radius 2 is 1.73 bits per heavy atom. The fourth-order valence-corrected chi connectivity index (χ4v) is 4.68. The SMILES string of the molecule is O=C(Nc1cc2c(cc1[N+](=O)[O-])OCO2)c1ccc2nc3c(nc2c1)C1CCC3C1. The number of carbonyl (C=O) groups excluding carboxylic acids is 1. The minimum absolute atomic E-state index is 0.0145. The van der Waals surface area contributed by atoms with Gasteiger partial charge in [0.2, 0.25) is 6.79 Å². The van der Waals surface area contributed by atoms with Gasteiger partial charge >= 0.3 is 0 Å². The Labute approximate surface area is 170 Å². The third-order valence-corrected chi connectivity index (χ3v) is 6.12. The molecule has 2 bridgehead atoms. The lowest BCUT2D eigenvalue weighted by Gasteiger charge is -2.14. The Kier molecular flexibility index (Phi) is 3.50. The normalized spacial score (nSPS) is 20.4. The molecule has 1 aliphatic heterocycles. The second kappa shape index (κ2) is 6.12. The van der Waals surface area contributed by atoms with Crippen LogP contribution >= 0.6 is 0 Å². The van der Waals surface area contributed by atoms with Gasteiger partial charge in [-0.15, -0.1) is 0 Å². The number of carbonyl (C=O) groups is 1. The molecular formula is C21H16N4O5. The van der Waals surface area contributed by atoms with Crippen molar-refractivity contribution < 1.29 is 19.2 Å². The van der Waals surface area contributed by atoms with Crippen molar-refractivity contribution in [2.45, 2.75) is 31.1 Å². The maximum Gasteiger partial charge on any atom is 0.296 e. The number of nitrogens with one attached hydrogen (secondary N) is 1. The number of amides is 1. The van der Waals surface area contributed by atoms with Gasteiger partial charge in [-0.3, -0.25) is 14.9 Å². The Morgan fingerprint density at radius 3 is 2.47 bits per heavy atom. The van der Waals surface area contributed by atoms with E-state index in [0.29, 0.717) is 28.7 Å². The van der Waals surface area contributed by atoms with E-state index in [1.54, 1.807) is 18.2 Å². The molecule has 1 aromatic heterocycles. The molecule has 150 valence electrons. The number of benzene rings is 2. The zero-order valence-electron chi connectivity index (χ0n) is 15.8. The number of nitrogens with zero attached hydrogens (tertiary/aromatic N) is 3. The van der Waals surface area contributed by atoms with Crippen LogP contribution in [0.4, 0.5) is 11.4 Å². The monoisotopic (exact) mass is 404 g/mol. The van der Waals surface area contributed by atoms with Gasteiger partial charge in [0.05, 0.1) is 33.4 Å². The Hall–Kier alpha value is -3.75. The van der Waals surface area contributed by atoms with E-state index < -0.39 is 10.8 Å². The largest absolute Gasteiger partial charge is 0.454 e. The van der Waals surface area contributed by atoms with Gasteiger partial charge < -0.3 is 14.8 Å². The molecule has 1 N–H and O–H groups in total. The van der Waals surface area contributed by atoms with Crippen LogP contribution in [0.15, 0.2) is 30.3 Å². The number of aromatic nitrogens is 2. The lowest BCUT2D eigenvalue weighted by atomic mass is 10.00. The fourth-order valence-electron chi connectivity index (χ4n) is 4.68. The number of rotatable bonds is 3. The van der Waals surface area contributed by atoms with Crippen molar-refractivity contribution in [3.05, 3.63) is 57.4 Å². The number of nitro groups is 1. The first-order chi connectivity index (χ1) is 14.6. The molecule has 9 nitrogen and oxygen atoms in total. The van der Waals surface area contributed by atoms with Crippen molar-refractivity contribution >= 4 is 28.3 Å². The van der Waals surface area contributed by atoms with Crippen LogP contribution in [0, 0.1) is 10.1 Å². The number of hydrogen-bond donors (Lipinski definition) is 1. The summed E-state index contributed by atoms with van der Waals surface area (Å²) >= 11 is 0. The molecule has 3 aromatic rings. The highest BCUT2D eigenvalue weighted by Crippen LogP contribution is 2.51. The highest BCUT2D eigenvalue weighted by molar-refractivity contribution is 6.07. The van der Waals surface area contributed by atoms with Gasteiger partial charge in [-0.25, -0.2) is 9.97 Å². The summed E-state index contributed by atoms with van der Waals surface area (Å²) in [5.74, 6) is 1.14. The summed E-state index contributed by atoms with van der Waals surface area (Å²) in [5.41, 5.74) is 3.72. The lowest BCUT2D eigenvalue weighted by Crippen LogP contribution is -2.13. The molecule has 1 amide bonds. The summed E-state index contributed by atoms with van der Waals surface area (Å²) in [5, 5.41) is 14.0. The average molecular weight is 404 g/mol. The quantitative estimate of drug-likeness (QED) is 0.520. The molecular weight excluding hydrogens is 388 g/mol. The van der Waals surface area contributed by atoms with Crippen LogP contribution in [0.5, 0.6) is 11.5 Å². The van der Waals surface area contributed by atoms with Gasteiger partial charge in [-0.05, 0) is 37.5 Å². The van der Waals surface area contributed by atoms with E-state index in [4.69, 9.17) is 19.4 Å². The minimum Gasteiger partial charge on any atom is -0.454 e. The van der Waals surface area contributed by atoms with E-state index in [2.05, 4.69) is 5.32 Å². The van der Waals surface area contributed by atoms with Crippen molar-refractivity contribution in [1.29, 1.82) is 0 Å². The molecule has 2 atom stereocenters. The summed E-state index contributed by atoms with van der Waals surface area (Å²) in [6.07, 6.45) is 3.44. The van der Waals surface area contributed by atoms with E-state index in [0.717, 1.165) is 29.7 Å². The molecule has 30 heavy (non-hydrogen) atoms. The maximum absolute atomic E-state index is 12.8. The van der Waals surface area contributed by atoms with Crippen molar-refractivity contribution in [1.82, 2.24) is 9.97 Å². The smallest absolute Gasteiger partial charge is 0.296 e. The summed E-state index contributed by atoms with van der Waals surface area (Å²) in [7, 11) is 0. The van der Waals surface area contributed by atoms with Gasteiger partial charge in [-0.2, -0.15) is 0 Å².